The summed E-state index contributed by atoms with van der Waals surface area (Å²) in [6.07, 6.45) is 3.66. The van der Waals surface area contributed by atoms with E-state index < -0.39 is 16.1 Å². The third kappa shape index (κ3) is 7.68. The molecule has 0 saturated heterocycles. The predicted octanol–water partition coefficient (Wildman–Crippen LogP) is 2.63. The molecule has 0 aromatic heterocycles. The number of sulfonamides is 1. The van der Waals surface area contributed by atoms with Gasteiger partial charge in [0.15, 0.2) is 0 Å². The number of carbonyl (C=O) groups is 2. The van der Waals surface area contributed by atoms with Gasteiger partial charge in [0.05, 0.1) is 4.90 Å². The highest BCUT2D eigenvalue weighted by atomic mass is 32.2. The molecule has 0 bridgehead atoms. The molecule has 1 saturated carbocycles. The Hall–Kier alpha value is -2.71. The summed E-state index contributed by atoms with van der Waals surface area (Å²) in [6, 6.07) is 17.6. The van der Waals surface area contributed by atoms with Crippen LogP contribution in [0.5, 0.6) is 0 Å². The Kier molecular flexibility index (Phi) is 9.03. The molecule has 1 aliphatic carbocycles. The van der Waals surface area contributed by atoms with E-state index in [4.69, 9.17) is 0 Å². The van der Waals surface area contributed by atoms with Crippen LogP contribution in [0.1, 0.15) is 38.2 Å². The minimum atomic E-state index is -3.51. The summed E-state index contributed by atoms with van der Waals surface area (Å²) in [5.74, 6) is -0.245. The second-order valence-electron chi connectivity index (χ2n) is 8.64. The molecule has 1 fully saturated rings. The van der Waals surface area contributed by atoms with Crippen molar-refractivity contribution < 1.29 is 18.0 Å². The zero-order valence-corrected chi connectivity index (χ0v) is 19.8. The molecule has 0 heterocycles. The van der Waals surface area contributed by atoms with Crippen molar-refractivity contribution in [2.45, 2.75) is 50.0 Å². The van der Waals surface area contributed by atoms with Crippen molar-refractivity contribution >= 4 is 21.8 Å². The van der Waals surface area contributed by atoms with Gasteiger partial charge in [-0.05, 0) is 62.6 Å². The molecular formula is C25H33N3O4S. The summed E-state index contributed by atoms with van der Waals surface area (Å²) < 4.78 is 27.4. The van der Waals surface area contributed by atoms with Crippen LogP contribution in [0.15, 0.2) is 65.6 Å². The first-order valence-electron chi connectivity index (χ1n) is 11.5. The topological polar surface area (TPSA) is 104 Å². The third-order valence-corrected chi connectivity index (χ3v) is 7.58. The Morgan fingerprint density at radius 1 is 0.939 bits per heavy atom. The molecule has 8 heteroatoms. The summed E-state index contributed by atoms with van der Waals surface area (Å²) in [7, 11) is -3.51. The van der Waals surface area contributed by atoms with E-state index >= 15 is 0 Å². The highest BCUT2D eigenvalue weighted by Gasteiger charge is 2.28. The standard InChI is InChI=1S/C25H33N3O4S/c1-19(24(29)26-17-16-20-8-4-2-5-9-20)28-25(30)22-14-12-21(13-15-22)18-27-33(31,32)23-10-6-3-7-11-23/h2-11,19,21-22,27H,12-18H2,1H3,(H,26,29)(H,28,30)/t19-,21?,22?/m1/s1. The number of rotatable bonds is 10. The average Bonchev–Trinajstić information content (AvgIpc) is 2.84. The van der Waals surface area contributed by atoms with Gasteiger partial charge in [-0.1, -0.05) is 48.5 Å². The van der Waals surface area contributed by atoms with Crippen molar-refractivity contribution in [1.29, 1.82) is 0 Å². The van der Waals surface area contributed by atoms with Crippen molar-refractivity contribution in [1.82, 2.24) is 15.4 Å². The fourth-order valence-electron chi connectivity index (χ4n) is 4.06. The zero-order valence-electron chi connectivity index (χ0n) is 19.0. The van der Waals surface area contributed by atoms with Crippen molar-refractivity contribution in [2.24, 2.45) is 11.8 Å². The van der Waals surface area contributed by atoms with Gasteiger partial charge >= 0.3 is 0 Å². The first-order chi connectivity index (χ1) is 15.8. The predicted molar refractivity (Wildman–Crippen MR) is 128 cm³/mol. The first kappa shape index (κ1) is 24.9. The molecule has 0 radical (unpaired) electrons. The van der Waals surface area contributed by atoms with Crippen molar-refractivity contribution in [2.75, 3.05) is 13.1 Å². The SMILES string of the molecule is C[C@@H](NC(=O)C1CCC(CNS(=O)(=O)c2ccccc2)CC1)C(=O)NCCc1ccccc1. The zero-order chi connectivity index (χ0) is 23.7. The van der Waals surface area contributed by atoms with E-state index in [0.29, 0.717) is 25.9 Å². The highest BCUT2D eigenvalue weighted by molar-refractivity contribution is 7.89. The van der Waals surface area contributed by atoms with Gasteiger partial charge in [-0.3, -0.25) is 9.59 Å². The number of benzene rings is 2. The van der Waals surface area contributed by atoms with Crippen LogP contribution in [0, 0.1) is 11.8 Å². The lowest BCUT2D eigenvalue weighted by atomic mass is 9.81. The smallest absolute Gasteiger partial charge is 0.242 e. The number of carbonyl (C=O) groups excluding carboxylic acids is 2. The van der Waals surface area contributed by atoms with E-state index in [-0.39, 0.29) is 28.5 Å². The van der Waals surface area contributed by atoms with Gasteiger partial charge in [-0.15, -0.1) is 0 Å². The monoisotopic (exact) mass is 471 g/mol. The maximum atomic E-state index is 12.6. The molecule has 1 atom stereocenters. The lowest BCUT2D eigenvalue weighted by molar-refractivity contribution is -0.131. The van der Waals surface area contributed by atoms with Gasteiger partial charge in [0.2, 0.25) is 21.8 Å². The number of hydrogen-bond acceptors (Lipinski definition) is 4. The second-order valence-corrected chi connectivity index (χ2v) is 10.4. The van der Waals surface area contributed by atoms with E-state index in [1.807, 2.05) is 30.3 Å². The molecule has 3 rings (SSSR count). The molecule has 2 aromatic rings. The number of nitrogens with one attached hydrogen (secondary N) is 3. The Balaban J connectivity index is 1.36. The Morgan fingerprint density at radius 3 is 2.18 bits per heavy atom. The molecule has 0 aliphatic heterocycles. The van der Waals surface area contributed by atoms with Gasteiger partial charge in [-0.2, -0.15) is 0 Å². The molecule has 0 unspecified atom stereocenters. The quantitative estimate of drug-likeness (QED) is 0.495. The van der Waals surface area contributed by atoms with E-state index in [0.717, 1.165) is 24.8 Å². The van der Waals surface area contributed by atoms with Crippen LogP contribution < -0.4 is 15.4 Å². The van der Waals surface area contributed by atoms with Crippen molar-refractivity contribution in [3.63, 3.8) is 0 Å². The largest absolute Gasteiger partial charge is 0.354 e. The maximum Gasteiger partial charge on any atom is 0.242 e. The minimum absolute atomic E-state index is 0.107. The third-order valence-electron chi connectivity index (χ3n) is 6.14. The van der Waals surface area contributed by atoms with Gasteiger partial charge in [-0.25, -0.2) is 13.1 Å². The maximum absolute atomic E-state index is 12.6. The Morgan fingerprint density at radius 2 is 1.55 bits per heavy atom. The fraction of sp³-hybridized carbons (Fsp3) is 0.440. The first-order valence-corrected chi connectivity index (χ1v) is 13.0. The van der Waals surface area contributed by atoms with Crippen LogP contribution in [-0.4, -0.2) is 39.4 Å². The van der Waals surface area contributed by atoms with E-state index in [1.165, 1.54) is 0 Å². The molecule has 33 heavy (non-hydrogen) atoms. The Bertz CT molecular complexity index is 1000. The number of hydrogen-bond donors (Lipinski definition) is 3. The van der Waals surface area contributed by atoms with E-state index in [9.17, 15) is 18.0 Å². The van der Waals surface area contributed by atoms with Gasteiger partial charge in [0.25, 0.3) is 0 Å². The molecule has 7 nitrogen and oxygen atoms in total. The molecule has 0 spiro atoms. The molecular weight excluding hydrogens is 438 g/mol. The van der Waals surface area contributed by atoms with Gasteiger partial charge in [0, 0.05) is 19.0 Å². The molecule has 178 valence electrons. The lowest BCUT2D eigenvalue weighted by Crippen LogP contribution is -2.47. The van der Waals surface area contributed by atoms with Gasteiger partial charge in [0.1, 0.15) is 6.04 Å². The van der Waals surface area contributed by atoms with Crippen molar-refractivity contribution in [3.8, 4) is 0 Å². The molecule has 2 aromatic carbocycles. The highest BCUT2D eigenvalue weighted by Crippen LogP contribution is 2.29. The summed E-state index contributed by atoms with van der Waals surface area (Å²) >= 11 is 0. The second kappa shape index (κ2) is 12.0. The van der Waals surface area contributed by atoms with Crippen molar-refractivity contribution in [3.05, 3.63) is 66.2 Å². The Labute approximate surface area is 196 Å². The average molecular weight is 472 g/mol. The lowest BCUT2D eigenvalue weighted by Gasteiger charge is -2.28. The summed E-state index contributed by atoms with van der Waals surface area (Å²) in [5, 5.41) is 5.70. The van der Waals surface area contributed by atoms with Crippen LogP contribution in [0.2, 0.25) is 0 Å². The summed E-state index contributed by atoms with van der Waals surface area (Å²) in [6.45, 7) is 2.58. The van der Waals surface area contributed by atoms with Crippen LogP contribution in [0.4, 0.5) is 0 Å². The molecule has 2 amide bonds. The minimum Gasteiger partial charge on any atom is -0.354 e. The van der Waals surface area contributed by atoms with Crippen LogP contribution >= 0.6 is 0 Å². The summed E-state index contributed by atoms with van der Waals surface area (Å²) in [5.41, 5.74) is 1.15. The molecule has 1 aliphatic rings. The number of amides is 2. The van der Waals surface area contributed by atoms with E-state index in [2.05, 4.69) is 15.4 Å². The fourth-order valence-corrected chi connectivity index (χ4v) is 5.20. The normalized spacial score (nSPS) is 19.4. The molecule has 3 N–H and O–H groups in total. The van der Waals surface area contributed by atoms with Gasteiger partial charge < -0.3 is 10.6 Å². The van der Waals surface area contributed by atoms with E-state index in [1.54, 1.807) is 37.3 Å². The van der Waals surface area contributed by atoms with Crippen LogP contribution in [-0.2, 0) is 26.0 Å². The van der Waals surface area contributed by atoms with Crippen LogP contribution in [0.25, 0.3) is 0 Å². The van der Waals surface area contributed by atoms with Crippen LogP contribution in [0.3, 0.4) is 0 Å². The summed E-state index contributed by atoms with van der Waals surface area (Å²) in [4.78, 5) is 25.2.